The molecule has 2 rings (SSSR count). The Kier molecular flexibility index (Phi) is 4.07. The highest BCUT2D eigenvalue weighted by Crippen LogP contribution is 2.39. The summed E-state index contributed by atoms with van der Waals surface area (Å²) in [6, 6.07) is 3.85. The zero-order valence-electron chi connectivity index (χ0n) is 11.0. The van der Waals surface area contributed by atoms with Crippen LogP contribution < -0.4 is 11.1 Å². The largest absolute Gasteiger partial charge is 0.466 e. The van der Waals surface area contributed by atoms with Crippen molar-refractivity contribution in [3.05, 3.63) is 23.7 Å². The lowest BCUT2D eigenvalue weighted by atomic mass is 9.69. The summed E-state index contributed by atoms with van der Waals surface area (Å²) in [7, 11) is 0. The zero-order valence-corrected chi connectivity index (χ0v) is 11.0. The summed E-state index contributed by atoms with van der Waals surface area (Å²) in [5, 5.41) is 2.99. The van der Waals surface area contributed by atoms with Crippen LogP contribution in [0.3, 0.4) is 0 Å². The number of hydrogen-bond acceptors (Lipinski definition) is 3. The predicted molar refractivity (Wildman–Crippen MR) is 70.1 cm³/mol. The van der Waals surface area contributed by atoms with Gasteiger partial charge < -0.3 is 15.5 Å². The average Bonchev–Trinajstić information content (AvgIpc) is 2.72. The van der Waals surface area contributed by atoms with Crippen LogP contribution in [0, 0.1) is 12.3 Å². The summed E-state index contributed by atoms with van der Waals surface area (Å²) in [6.45, 7) is 3.30. The summed E-state index contributed by atoms with van der Waals surface area (Å²) in [5.41, 5.74) is 5.93. The lowest BCUT2D eigenvalue weighted by molar-refractivity contribution is -0.121. The Labute approximate surface area is 108 Å². The van der Waals surface area contributed by atoms with Crippen molar-refractivity contribution < 1.29 is 9.21 Å². The Hall–Kier alpha value is -1.29. The number of carbonyl (C=O) groups excluding carboxylic acids is 1. The molecule has 1 aliphatic rings. The van der Waals surface area contributed by atoms with Gasteiger partial charge in [0.1, 0.15) is 11.5 Å². The van der Waals surface area contributed by atoms with Gasteiger partial charge in [-0.2, -0.15) is 0 Å². The van der Waals surface area contributed by atoms with Crippen molar-refractivity contribution in [1.29, 1.82) is 0 Å². The fraction of sp³-hybridized carbons (Fsp3) is 0.643. The van der Waals surface area contributed by atoms with E-state index in [4.69, 9.17) is 10.2 Å². The summed E-state index contributed by atoms with van der Waals surface area (Å²) in [5.74, 6) is 1.85. The molecule has 0 radical (unpaired) electrons. The van der Waals surface area contributed by atoms with Crippen LogP contribution >= 0.6 is 0 Å². The lowest BCUT2D eigenvalue weighted by Crippen LogP contribution is -2.46. The van der Waals surface area contributed by atoms with Crippen molar-refractivity contribution in [1.82, 2.24) is 5.32 Å². The smallest absolute Gasteiger partial charge is 0.220 e. The standard InChI is InChI=1S/C14H22N2O2/c1-11-3-4-12(18-11)5-6-13(17)16-10-14(9-15)7-2-8-14/h3-4H,2,5-10,15H2,1H3,(H,16,17). The molecule has 1 fully saturated rings. The minimum Gasteiger partial charge on any atom is -0.466 e. The van der Waals surface area contributed by atoms with E-state index in [1.54, 1.807) is 0 Å². The van der Waals surface area contributed by atoms with Gasteiger partial charge in [-0.15, -0.1) is 0 Å². The van der Waals surface area contributed by atoms with Crippen LogP contribution in [0.4, 0.5) is 0 Å². The van der Waals surface area contributed by atoms with Gasteiger partial charge in [-0.25, -0.2) is 0 Å². The van der Waals surface area contributed by atoms with Crippen molar-refractivity contribution >= 4 is 5.91 Å². The summed E-state index contributed by atoms with van der Waals surface area (Å²) in [4.78, 5) is 11.7. The molecule has 0 saturated heterocycles. The van der Waals surface area contributed by atoms with Gasteiger partial charge in [0.2, 0.25) is 5.91 Å². The first-order chi connectivity index (χ1) is 8.63. The Morgan fingerprint density at radius 2 is 2.28 bits per heavy atom. The summed E-state index contributed by atoms with van der Waals surface area (Å²) in [6.07, 6.45) is 4.66. The molecule has 18 heavy (non-hydrogen) atoms. The Morgan fingerprint density at radius 1 is 1.50 bits per heavy atom. The zero-order chi connectivity index (χ0) is 13.0. The fourth-order valence-electron chi connectivity index (χ4n) is 2.36. The maximum absolute atomic E-state index is 11.7. The van der Waals surface area contributed by atoms with E-state index in [9.17, 15) is 4.79 Å². The normalized spacial score (nSPS) is 17.2. The third kappa shape index (κ3) is 3.13. The highest BCUT2D eigenvalue weighted by Gasteiger charge is 2.35. The van der Waals surface area contributed by atoms with Gasteiger partial charge in [0.15, 0.2) is 0 Å². The fourth-order valence-corrected chi connectivity index (χ4v) is 2.36. The number of rotatable bonds is 6. The van der Waals surface area contributed by atoms with Gasteiger partial charge in [-0.1, -0.05) is 6.42 Å². The molecule has 0 atom stereocenters. The number of hydrogen-bond donors (Lipinski definition) is 2. The van der Waals surface area contributed by atoms with Crippen LogP contribution in [-0.2, 0) is 11.2 Å². The molecule has 4 heteroatoms. The Bertz CT molecular complexity index is 402. The highest BCUT2D eigenvalue weighted by molar-refractivity contribution is 5.76. The molecule has 4 nitrogen and oxygen atoms in total. The SMILES string of the molecule is Cc1ccc(CCC(=O)NCC2(CN)CCC2)o1. The molecular weight excluding hydrogens is 228 g/mol. The molecule has 0 spiro atoms. The van der Waals surface area contributed by atoms with Crippen LogP contribution in [0.2, 0.25) is 0 Å². The monoisotopic (exact) mass is 250 g/mol. The summed E-state index contributed by atoms with van der Waals surface area (Å²) >= 11 is 0. The average molecular weight is 250 g/mol. The number of furan rings is 1. The topological polar surface area (TPSA) is 68.3 Å². The van der Waals surface area contributed by atoms with Crippen LogP contribution in [0.15, 0.2) is 16.5 Å². The molecule has 1 heterocycles. The van der Waals surface area contributed by atoms with Crippen molar-refractivity contribution in [3.63, 3.8) is 0 Å². The highest BCUT2D eigenvalue weighted by atomic mass is 16.3. The Morgan fingerprint density at radius 3 is 2.78 bits per heavy atom. The number of aryl methyl sites for hydroxylation is 2. The van der Waals surface area contributed by atoms with E-state index < -0.39 is 0 Å². The van der Waals surface area contributed by atoms with E-state index in [0.29, 0.717) is 19.4 Å². The van der Waals surface area contributed by atoms with E-state index in [1.165, 1.54) is 6.42 Å². The molecule has 1 aromatic rings. The molecule has 0 unspecified atom stereocenters. The molecule has 3 N–H and O–H groups in total. The first-order valence-corrected chi connectivity index (χ1v) is 6.66. The van der Waals surface area contributed by atoms with Gasteiger partial charge in [0, 0.05) is 19.4 Å². The second kappa shape index (κ2) is 5.57. The van der Waals surface area contributed by atoms with Crippen LogP contribution in [0.25, 0.3) is 0 Å². The first-order valence-electron chi connectivity index (χ1n) is 6.66. The van der Waals surface area contributed by atoms with E-state index >= 15 is 0 Å². The maximum Gasteiger partial charge on any atom is 0.220 e. The number of nitrogens with two attached hydrogens (primary N) is 1. The minimum absolute atomic E-state index is 0.0868. The van der Waals surface area contributed by atoms with E-state index in [1.807, 2.05) is 19.1 Å². The third-order valence-corrected chi connectivity index (χ3v) is 3.90. The predicted octanol–water partition coefficient (Wildman–Crippen LogP) is 1.77. The first kappa shape index (κ1) is 13.1. The maximum atomic E-state index is 11.7. The van der Waals surface area contributed by atoms with E-state index in [0.717, 1.165) is 30.9 Å². The number of amides is 1. The van der Waals surface area contributed by atoms with E-state index in [-0.39, 0.29) is 11.3 Å². The third-order valence-electron chi connectivity index (χ3n) is 3.90. The van der Waals surface area contributed by atoms with Crippen LogP contribution in [-0.4, -0.2) is 19.0 Å². The van der Waals surface area contributed by atoms with Gasteiger partial charge >= 0.3 is 0 Å². The second-order valence-corrected chi connectivity index (χ2v) is 5.35. The van der Waals surface area contributed by atoms with Crippen molar-refractivity contribution in [2.75, 3.05) is 13.1 Å². The summed E-state index contributed by atoms with van der Waals surface area (Å²) < 4.78 is 5.43. The van der Waals surface area contributed by atoms with Crippen LogP contribution in [0.5, 0.6) is 0 Å². The molecule has 0 aliphatic heterocycles. The molecule has 100 valence electrons. The quantitative estimate of drug-likeness (QED) is 0.808. The van der Waals surface area contributed by atoms with Gasteiger partial charge in [-0.3, -0.25) is 4.79 Å². The lowest BCUT2D eigenvalue weighted by Gasteiger charge is -2.41. The minimum atomic E-state index is 0.0868. The molecule has 0 bridgehead atoms. The Balaban J connectivity index is 1.69. The van der Waals surface area contributed by atoms with E-state index in [2.05, 4.69) is 5.32 Å². The molecule has 0 aromatic carbocycles. The van der Waals surface area contributed by atoms with Crippen molar-refractivity contribution in [3.8, 4) is 0 Å². The van der Waals surface area contributed by atoms with Gasteiger partial charge in [0.25, 0.3) is 0 Å². The van der Waals surface area contributed by atoms with Gasteiger partial charge in [0.05, 0.1) is 0 Å². The van der Waals surface area contributed by atoms with Crippen molar-refractivity contribution in [2.24, 2.45) is 11.1 Å². The van der Waals surface area contributed by atoms with Crippen LogP contribution in [0.1, 0.15) is 37.2 Å². The number of nitrogens with one attached hydrogen (secondary N) is 1. The second-order valence-electron chi connectivity index (χ2n) is 5.35. The number of carbonyl (C=O) groups is 1. The molecular formula is C14H22N2O2. The molecule has 1 aromatic heterocycles. The molecule has 1 amide bonds. The van der Waals surface area contributed by atoms with Crippen molar-refractivity contribution in [2.45, 2.75) is 39.0 Å². The molecule has 1 saturated carbocycles. The van der Waals surface area contributed by atoms with Gasteiger partial charge in [-0.05, 0) is 43.9 Å². The molecule has 1 aliphatic carbocycles.